The lowest BCUT2D eigenvalue weighted by Gasteiger charge is -2.33. The van der Waals surface area contributed by atoms with Crippen LogP contribution in [0.4, 0.5) is 0 Å². The number of carbonyl (C=O) groups excluding carboxylic acids is 3. The van der Waals surface area contributed by atoms with E-state index in [1.165, 1.54) is 4.90 Å². The van der Waals surface area contributed by atoms with Crippen LogP contribution in [-0.2, 0) is 27.2 Å². The molecule has 0 bridgehead atoms. The Labute approximate surface area is 237 Å². The number of hydrogen-bond acceptors (Lipinski definition) is 6. The number of para-hydroxylation sites is 1. The number of carbonyl (C=O) groups is 3. The Morgan fingerprint density at radius 2 is 1.75 bits per heavy atom. The maximum atomic E-state index is 13.7. The maximum absolute atomic E-state index is 13.7. The van der Waals surface area contributed by atoms with E-state index in [4.69, 9.17) is 4.74 Å². The van der Waals surface area contributed by atoms with E-state index in [1.54, 1.807) is 31.3 Å². The highest BCUT2D eigenvalue weighted by atomic mass is 16.5. The van der Waals surface area contributed by atoms with Crippen molar-refractivity contribution in [2.75, 3.05) is 26.7 Å². The summed E-state index contributed by atoms with van der Waals surface area (Å²) in [4.78, 5) is 41.9. The lowest BCUT2D eigenvalue weighted by Crippen LogP contribution is -2.58. The van der Waals surface area contributed by atoms with Crippen molar-refractivity contribution in [3.05, 3.63) is 59.7 Å². The summed E-state index contributed by atoms with van der Waals surface area (Å²) in [6.45, 7) is 6.99. The minimum Gasteiger partial charge on any atom is -0.508 e. The summed E-state index contributed by atoms with van der Waals surface area (Å²) in [6, 6.07) is 12.5. The number of aryl methyl sites for hydroxylation is 1. The number of hydrogen-bond donors (Lipinski definition) is 4. The number of benzene rings is 2. The van der Waals surface area contributed by atoms with E-state index >= 15 is 0 Å². The van der Waals surface area contributed by atoms with Gasteiger partial charge >= 0.3 is 0 Å². The van der Waals surface area contributed by atoms with Gasteiger partial charge in [-0.2, -0.15) is 0 Å². The van der Waals surface area contributed by atoms with Gasteiger partial charge in [0.1, 0.15) is 30.2 Å². The highest BCUT2D eigenvalue weighted by Gasteiger charge is 2.34. The molecule has 3 rings (SSSR count). The molecule has 3 amide bonds. The molecule has 2 aromatic carbocycles. The molecular weight excluding hydrogens is 508 g/mol. The highest BCUT2D eigenvalue weighted by molar-refractivity contribution is 5.93. The second-order valence-corrected chi connectivity index (χ2v) is 10.7. The lowest BCUT2D eigenvalue weighted by atomic mass is 9.99. The van der Waals surface area contributed by atoms with Crippen molar-refractivity contribution in [2.24, 2.45) is 5.92 Å². The second-order valence-electron chi connectivity index (χ2n) is 10.7. The van der Waals surface area contributed by atoms with Crippen LogP contribution in [0.3, 0.4) is 0 Å². The number of fused-ring (bicyclic) bond motifs is 1. The third-order valence-electron chi connectivity index (χ3n) is 7.25. The first-order valence-electron chi connectivity index (χ1n) is 14.3. The molecular formula is C31H44N4O5. The second kappa shape index (κ2) is 15.3. The maximum Gasteiger partial charge on any atom is 0.245 e. The molecule has 0 spiro atoms. The molecule has 218 valence electrons. The normalized spacial score (nSPS) is 22.0. The summed E-state index contributed by atoms with van der Waals surface area (Å²) in [5, 5.41) is 18.9. The van der Waals surface area contributed by atoms with E-state index in [-0.39, 0.29) is 29.4 Å². The summed E-state index contributed by atoms with van der Waals surface area (Å²) in [6.07, 6.45) is 3.09. The largest absolute Gasteiger partial charge is 0.508 e. The van der Waals surface area contributed by atoms with E-state index in [1.807, 2.05) is 45.0 Å². The van der Waals surface area contributed by atoms with Gasteiger partial charge in [0.15, 0.2) is 0 Å². The van der Waals surface area contributed by atoms with Crippen molar-refractivity contribution >= 4 is 17.7 Å². The fraction of sp³-hybridized carbons (Fsp3) is 0.516. The Bertz CT molecular complexity index is 1120. The molecule has 40 heavy (non-hydrogen) atoms. The highest BCUT2D eigenvalue weighted by Crippen LogP contribution is 2.20. The van der Waals surface area contributed by atoms with Crippen LogP contribution in [0.5, 0.6) is 11.5 Å². The van der Waals surface area contributed by atoms with Gasteiger partial charge in [0, 0.05) is 20.1 Å². The molecule has 0 aromatic heterocycles. The number of amides is 3. The minimum atomic E-state index is -0.796. The van der Waals surface area contributed by atoms with E-state index in [2.05, 4.69) is 16.0 Å². The summed E-state index contributed by atoms with van der Waals surface area (Å²) >= 11 is 0. The Balaban J connectivity index is 1.89. The molecule has 1 aliphatic heterocycles. The van der Waals surface area contributed by atoms with Crippen LogP contribution in [0.25, 0.3) is 0 Å². The van der Waals surface area contributed by atoms with E-state index in [9.17, 15) is 19.5 Å². The Kier molecular flexibility index (Phi) is 11.8. The summed E-state index contributed by atoms with van der Waals surface area (Å²) in [5.41, 5.74) is 1.91. The third-order valence-corrected chi connectivity index (χ3v) is 7.25. The van der Waals surface area contributed by atoms with Crippen molar-refractivity contribution in [3.63, 3.8) is 0 Å². The first-order chi connectivity index (χ1) is 19.2. The van der Waals surface area contributed by atoms with Crippen LogP contribution in [0.1, 0.15) is 51.2 Å². The number of phenolic OH excluding ortho intramolecular Hbond substituents is 1. The van der Waals surface area contributed by atoms with Gasteiger partial charge < -0.3 is 30.7 Å². The molecule has 1 heterocycles. The van der Waals surface area contributed by atoms with Crippen LogP contribution < -0.4 is 20.7 Å². The van der Waals surface area contributed by atoms with Crippen LogP contribution in [0.15, 0.2) is 48.5 Å². The summed E-state index contributed by atoms with van der Waals surface area (Å²) in [5.74, 6) is -0.0549. The van der Waals surface area contributed by atoms with E-state index in [0.717, 1.165) is 36.1 Å². The number of rotatable bonds is 5. The molecule has 0 fully saturated rings. The van der Waals surface area contributed by atoms with Crippen molar-refractivity contribution in [3.8, 4) is 11.5 Å². The average Bonchev–Trinajstić information content (AvgIpc) is 2.94. The first kappa shape index (κ1) is 30.9. The number of nitrogens with one attached hydrogen (secondary N) is 3. The molecule has 9 nitrogen and oxygen atoms in total. The van der Waals surface area contributed by atoms with Crippen LogP contribution in [0.2, 0.25) is 0 Å². The van der Waals surface area contributed by atoms with Gasteiger partial charge in [0.05, 0.1) is 6.04 Å². The lowest BCUT2D eigenvalue weighted by molar-refractivity contribution is -0.143. The molecule has 2 aromatic rings. The smallest absolute Gasteiger partial charge is 0.245 e. The van der Waals surface area contributed by atoms with Crippen molar-refractivity contribution in [2.45, 2.75) is 71.0 Å². The molecule has 1 aliphatic rings. The van der Waals surface area contributed by atoms with Gasteiger partial charge in [0.25, 0.3) is 0 Å². The summed E-state index contributed by atoms with van der Waals surface area (Å²) in [7, 11) is 1.64. The number of ether oxygens (including phenoxy) is 1. The predicted molar refractivity (Wildman–Crippen MR) is 155 cm³/mol. The van der Waals surface area contributed by atoms with Crippen LogP contribution in [0, 0.1) is 5.92 Å². The van der Waals surface area contributed by atoms with Gasteiger partial charge in [-0.05, 0) is 60.9 Å². The van der Waals surface area contributed by atoms with Crippen molar-refractivity contribution < 1.29 is 24.2 Å². The zero-order valence-electron chi connectivity index (χ0n) is 24.1. The quantitative estimate of drug-likeness (QED) is 0.453. The molecule has 0 unspecified atom stereocenters. The van der Waals surface area contributed by atoms with Gasteiger partial charge in [-0.3, -0.25) is 14.4 Å². The predicted octanol–water partition coefficient (Wildman–Crippen LogP) is 2.80. The number of phenols is 1. The molecule has 0 aliphatic carbocycles. The fourth-order valence-corrected chi connectivity index (χ4v) is 4.89. The summed E-state index contributed by atoms with van der Waals surface area (Å²) < 4.78 is 6.07. The fourth-order valence-electron chi connectivity index (χ4n) is 4.89. The number of aromatic hydroxyl groups is 1. The van der Waals surface area contributed by atoms with Gasteiger partial charge in [-0.1, -0.05) is 57.5 Å². The van der Waals surface area contributed by atoms with E-state index < -0.39 is 18.1 Å². The molecule has 0 saturated carbocycles. The monoisotopic (exact) mass is 552 g/mol. The number of nitrogens with zero attached hydrogens (tertiary/aromatic N) is 1. The van der Waals surface area contributed by atoms with Crippen molar-refractivity contribution in [1.29, 1.82) is 0 Å². The van der Waals surface area contributed by atoms with Crippen molar-refractivity contribution in [1.82, 2.24) is 20.9 Å². The first-order valence-corrected chi connectivity index (χ1v) is 14.3. The molecule has 0 radical (unpaired) electrons. The zero-order chi connectivity index (χ0) is 29.1. The molecule has 3 atom stereocenters. The standard InChI is InChI=1S/C31H44N4O5/c1-5-9-26-30(38)33-17-8-11-23-10-6-7-12-27(23)40-19-18-32-25(20-22-13-15-24(36)16-14-22)29(37)34-28(21(2)3)31(39)35(26)4/h6-7,10,12-16,21,25-26,28,32,36H,5,8-9,11,17-20H2,1-4H3,(H,33,38)(H,34,37)/t25-,26+,28-/m1/s1. The topological polar surface area (TPSA) is 120 Å². The zero-order valence-corrected chi connectivity index (χ0v) is 24.1. The number of likely N-dealkylation sites (N-methyl/N-ethyl adjacent to an activating group) is 1. The van der Waals surface area contributed by atoms with Gasteiger partial charge in [-0.15, -0.1) is 0 Å². The van der Waals surface area contributed by atoms with Crippen LogP contribution in [-0.4, -0.2) is 72.6 Å². The van der Waals surface area contributed by atoms with Crippen LogP contribution >= 0.6 is 0 Å². The molecule has 4 N–H and O–H groups in total. The van der Waals surface area contributed by atoms with Gasteiger partial charge in [0.2, 0.25) is 17.7 Å². The minimum absolute atomic E-state index is 0.150. The molecule has 0 saturated heterocycles. The Morgan fingerprint density at radius 1 is 1.02 bits per heavy atom. The van der Waals surface area contributed by atoms with Gasteiger partial charge in [-0.25, -0.2) is 0 Å². The SMILES string of the molecule is CCC[C@H]1C(=O)NCCCc2ccccc2OCCN[C@H](Cc2ccc(O)cc2)C(=O)N[C@H](C(C)C)C(=O)N1C. The Hall–Kier alpha value is -3.59. The average molecular weight is 553 g/mol. The van der Waals surface area contributed by atoms with E-state index in [0.29, 0.717) is 32.5 Å². The third kappa shape index (κ3) is 8.71. The Morgan fingerprint density at radius 3 is 2.45 bits per heavy atom. The molecule has 9 heteroatoms.